The average molecular weight is 219 g/mol. The summed E-state index contributed by atoms with van der Waals surface area (Å²) in [5.74, 6) is 0. The van der Waals surface area contributed by atoms with Crippen molar-refractivity contribution in [3.63, 3.8) is 0 Å². The van der Waals surface area contributed by atoms with Crippen LogP contribution in [0.3, 0.4) is 0 Å². The lowest BCUT2D eigenvalue weighted by Gasteiger charge is -2.02. The highest BCUT2D eigenvalue weighted by atomic mass is 35.5. The summed E-state index contributed by atoms with van der Waals surface area (Å²) in [6.45, 7) is 0.651. The van der Waals surface area contributed by atoms with E-state index in [0.717, 1.165) is 11.1 Å². The van der Waals surface area contributed by atoms with Gasteiger partial charge in [0.2, 0.25) is 0 Å². The van der Waals surface area contributed by atoms with Gasteiger partial charge in [-0.15, -0.1) is 0 Å². The number of rotatable bonds is 0. The van der Waals surface area contributed by atoms with Gasteiger partial charge in [-0.25, -0.2) is 0 Å². The molecular formula is C8H8ClO3P. The van der Waals surface area contributed by atoms with E-state index in [0.29, 0.717) is 18.2 Å². The molecule has 0 aliphatic carbocycles. The fourth-order valence-electron chi connectivity index (χ4n) is 1.18. The molecule has 1 atom stereocenters. The summed E-state index contributed by atoms with van der Waals surface area (Å²) in [5.41, 5.74) is 1.93. The first-order valence-electron chi connectivity index (χ1n) is 3.82. The molecule has 1 aliphatic heterocycles. The van der Waals surface area contributed by atoms with E-state index in [-0.39, 0.29) is 0 Å². The Kier molecular flexibility index (Phi) is 2.70. The smallest absolute Gasteiger partial charge is 0.306 e. The summed E-state index contributed by atoms with van der Waals surface area (Å²) >= 11 is 5.80. The van der Waals surface area contributed by atoms with Crippen LogP contribution < -0.4 is 0 Å². The Morgan fingerprint density at radius 2 is 1.92 bits per heavy atom. The molecule has 1 aromatic carbocycles. The molecule has 0 fully saturated rings. The highest BCUT2D eigenvalue weighted by Crippen LogP contribution is 2.33. The monoisotopic (exact) mass is 218 g/mol. The highest BCUT2D eigenvalue weighted by molar-refractivity contribution is 7.33. The predicted molar refractivity (Wildman–Crippen MR) is 50.0 cm³/mol. The van der Waals surface area contributed by atoms with Crippen molar-refractivity contribution < 1.29 is 13.6 Å². The van der Waals surface area contributed by atoms with E-state index < -0.39 is 8.25 Å². The minimum absolute atomic E-state index is 0.313. The standard InChI is InChI=1S/C8H8ClO3P/c9-8-2-1-6-4-11-13(10)12-5-7(6)3-8/h1-3,13H,4-5H2. The van der Waals surface area contributed by atoms with Crippen molar-refractivity contribution in [2.75, 3.05) is 0 Å². The first kappa shape index (κ1) is 9.22. The van der Waals surface area contributed by atoms with Crippen LogP contribution in [0.5, 0.6) is 0 Å². The first-order chi connectivity index (χ1) is 6.25. The fourth-order valence-corrected chi connectivity index (χ4v) is 2.01. The largest absolute Gasteiger partial charge is 0.319 e. The molecule has 1 aliphatic rings. The molecule has 0 saturated heterocycles. The second-order valence-electron chi connectivity index (χ2n) is 2.74. The Labute approximate surface area is 81.6 Å². The molecule has 0 aromatic heterocycles. The van der Waals surface area contributed by atoms with Crippen LogP contribution in [0.4, 0.5) is 0 Å². The SMILES string of the molecule is O=[PH]1OCc2ccc(Cl)cc2CO1. The van der Waals surface area contributed by atoms with Gasteiger partial charge in [-0.1, -0.05) is 17.7 Å². The van der Waals surface area contributed by atoms with Crippen molar-refractivity contribution >= 4 is 19.9 Å². The maximum absolute atomic E-state index is 10.9. The van der Waals surface area contributed by atoms with Crippen molar-refractivity contribution in [2.45, 2.75) is 13.2 Å². The van der Waals surface area contributed by atoms with Crippen molar-refractivity contribution in [1.82, 2.24) is 0 Å². The molecule has 5 heteroatoms. The van der Waals surface area contributed by atoms with Crippen LogP contribution in [0.25, 0.3) is 0 Å². The number of fused-ring (bicyclic) bond motifs is 1. The number of hydrogen-bond acceptors (Lipinski definition) is 3. The van der Waals surface area contributed by atoms with E-state index in [1.165, 1.54) is 0 Å². The van der Waals surface area contributed by atoms with Crippen molar-refractivity contribution in [3.8, 4) is 0 Å². The topological polar surface area (TPSA) is 35.5 Å². The van der Waals surface area contributed by atoms with Gasteiger partial charge in [0.25, 0.3) is 0 Å². The molecule has 13 heavy (non-hydrogen) atoms. The molecule has 2 rings (SSSR count). The van der Waals surface area contributed by atoms with Crippen LogP contribution >= 0.6 is 19.9 Å². The molecule has 0 N–H and O–H groups in total. The van der Waals surface area contributed by atoms with Gasteiger partial charge in [0.1, 0.15) is 0 Å². The third-order valence-electron chi connectivity index (χ3n) is 1.86. The Morgan fingerprint density at radius 3 is 2.69 bits per heavy atom. The number of benzene rings is 1. The minimum atomic E-state index is -2.30. The molecule has 3 nitrogen and oxygen atoms in total. The Bertz CT molecular complexity index is 353. The lowest BCUT2D eigenvalue weighted by molar-refractivity contribution is 0.229. The van der Waals surface area contributed by atoms with Gasteiger partial charge in [-0.2, -0.15) is 0 Å². The number of halogens is 1. The maximum atomic E-state index is 10.9. The van der Waals surface area contributed by atoms with E-state index in [2.05, 4.69) is 0 Å². The van der Waals surface area contributed by atoms with Crippen molar-refractivity contribution in [3.05, 3.63) is 34.3 Å². The van der Waals surface area contributed by atoms with E-state index >= 15 is 0 Å². The van der Waals surface area contributed by atoms with Crippen LogP contribution in [-0.4, -0.2) is 0 Å². The Hall–Kier alpha value is -0.340. The zero-order valence-corrected chi connectivity index (χ0v) is 8.50. The van der Waals surface area contributed by atoms with E-state index in [1.54, 1.807) is 12.1 Å². The second kappa shape index (κ2) is 3.81. The molecule has 0 radical (unpaired) electrons. The fraction of sp³-hybridized carbons (Fsp3) is 0.250. The van der Waals surface area contributed by atoms with E-state index in [4.69, 9.17) is 20.6 Å². The predicted octanol–water partition coefficient (Wildman–Crippen LogP) is 2.78. The van der Waals surface area contributed by atoms with Gasteiger partial charge in [-0.05, 0) is 23.3 Å². The summed E-state index contributed by atoms with van der Waals surface area (Å²) in [4.78, 5) is 0. The number of hydrogen-bond donors (Lipinski definition) is 0. The minimum Gasteiger partial charge on any atom is -0.306 e. The average Bonchev–Trinajstić information content (AvgIpc) is 2.29. The second-order valence-corrected chi connectivity index (χ2v) is 4.25. The van der Waals surface area contributed by atoms with Crippen molar-refractivity contribution in [1.29, 1.82) is 0 Å². The normalized spacial score (nSPS) is 22.1. The van der Waals surface area contributed by atoms with Crippen LogP contribution in [0.15, 0.2) is 18.2 Å². The molecular weight excluding hydrogens is 211 g/mol. The molecule has 70 valence electrons. The lowest BCUT2D eigenvalue weighted by Crippen LogP contribution is -1.90. The Balaban J connectivity index is 2.35. The van der Waals surface area contributed by atoms with Crippen LogP contribution in [-0.2, 0) is 26.8 Å². The zero-order chi connectivity index (χ0) is 9.26. The van der Waals surface area contributed by atoms with Gasteiger partial charge >= 0.3 is 8.25 Å². The third-order valence-corrected chi connectivity index (χ3v) is 2.85. The Morgan fingerprint density at radius 1 is 1.23 bits per heavy atom. The van der Waals surface area contributed by atoms with Crippen LogP contribution in [0.1, 0.15) is 11.1 Å². The summed E-state index contributed by atoms with van der Waals surface area (Å²) in [6.07, 6.45) is 0. The van der Waals surface area contributed by atoms with Gasteiger partial charge < -0.3 is 9.05 Å². The van der Waals surface area contributed by atoms with Gasteiger partial charge in [0.15, 0.2) is 0 Å². The van der Waals surface area contributed by atoms with Crippen LogP contribution in [0.2, 0.25) is 5.02 Å². The molecule has 1 unspecified atom stereocenters. The summed E-state index contributed by atoms with van der Waals surface area (Å²) in [6, 6.07) is 5.45. The molecule has 0 amide bonds. The maximum Gasteiger partial charge on any atom is 0.319 e. The molecule has 1 aromatic rings. The van der Waals surface area contributed by atoms with Crippen molar-refractivity contribution in [2.24, 2.45) is 0 Å². The summed E-state index contributed by atoms with van der Waals surface area (Å²) < 4.78 is 20.8. The lowest BCUT2D eigenvalue weighted by atomic mass is 10.1. The molecule has 1 heterocycles. The third kappa shape index (κ3) is 2.12. The quantitative estimate of drug-likeness (QED) is 0.628. The van der Waals surface area contributed by atoms with E-state index in [1.807, 2.05) is 6.07 Å². The summed E-state index contributed by atoms with van der Waals surface area (Å²) in [7, 11) is -2.30. The van der Waals surface area contributed by atoms with Gasteiger partial charge in [0, 0.05) is 5.02 Å². The van der Waals surface area contributed by atoms with E-state index in [9.17, 15) is 4.57 Å². The first-order valence-corrected chi connectivity index (χ1v) is 5.43. The highest BCUT2D eigenvalue weighted by Gasteiger charge is 2.12. The van der Waals surface area contributed by atoms with Gasteiger partial charge in [0.05, 0.1) is 13.2 Å². The molecule has 0 bridgehead atoms. The molecule has 0 saturated carbocycles. The molecule has 0 spiro atoms. The van der Waals surface area contributed by atoms with Crippen LogP contribution in [0, 0.1) is 0 Å². The summed E-state index contributed by atoms with van der Waals surface area (Å²) in [5, 5.41) is 0.656. The van der Waals surface area contributed by atoms with Gasteiger partial charge in [-0.3, -0.25) is 4.57 Å². The zero-order valence-electron chi connectivity index (χ0n) is 6.75.